The molecule has 3 aromatic rings. The van der Waals surface area contributed by atoms with Crippen molar-refractivity contribution < 1.29 is 9.90 Å². The highest BCUT2D eigenvalue weighted by Crippen LogP contribution is 2.19. The molecule has 3 rings (SSSR count). The third kappa shape index (κ3) is 2.42. The summed E-state index contributed by atoms with van der Waals surface area (Å²) in [5.41, 5.74) is 2.67. The maximum atomic E-state index is 10.6. The number of nitrogens with zero attached hydrogens (tertiary/aromatic N) is 3. The van der Waals surface area contributed by atoms with Gasteiger partial charge in [0.15, 0.2) is 5.65 Å². The summed E-state index contributed by atoms with van der Waals surface area (Å²) >= 11 is 0. The molecule has 0 saturated heterocycles. The van der Waals surface area contributed by atoms with Gasteiger partial charge in [0.05, 0.1) is 11.9 Å². The van der Waals surface area contributed by atoms with Gasteiger partial charge < -0.3 is 5.11 Å². The second kappa shape index (κ2) is 4.85. The highest BCUT2D eigenvalue weighted by Gasteiger charge is 2.06. The van der Waals surface area contributed by atoms with Crippen molar-refractivity contribution in [2.75, 3.05) is 0 Å². The minimum atomic E-state index is -0.851. The van der Waals surface area contributed by atoms with Crippen molar-refractivity contribution in [2.24, 2.45) is 0 Å². The van der Waals surface area contributed by atoms with E-state index in [9.17, 15) is 4.79 Å². The molecule has 1 N–H and O–H groups in total. The minimum Gasteiger partial charge on any atom is -0.481 e. The average molecular weight is 267 g/mol. The fourth-order valence-electron chi connectivity index (χ4n) is 2.12. The van der Waals surface area contributed by atoms with Crippen molar-refractivity contribution in [3.05, 3.63) is 41.9 Å². The van der Waals surface area contributed by atoms with Crippen LogP contribution in [0.25, 0.3) is 21.9 Å². The molecule has 0 amide bonds. The number of aliphatic carboxylic acids is 1. The molecule has 0 saturated carbocycles. The quantitative estimate of drug-likeness (QED) is 0.738. The van der Waals surface area contributed by atoms with E-state index in [1.807, 2.05) is 25.1 Å². The van der Waals surface area contributed by atoms with Crippen LogP contribution in [0.2, 0.25) is 0 Å². The maximum Gasteiger partial charge on any atom is 0.303 e. The number of carbonyl (C=O) groups is 1. The summed E-state index contributed by atoms with van der Waals surface area (Å²) in [6, 6.07) is 8.04. The summed E-state index contributed by atoms with van der Waals surface area (Å²) < 4.78 is 0. The third-order valence-electron chi connectivity index (χ3n) is 3.13. The number of hydrogen-bond acceptors (Lipinski definition) is 4. The lowest BCUT2D eigenvalue weighted by Gasteiger charge is -2.03. The molecule has 0 atom stereocenters. The van der Waals surface area contributed by atoms with E-state index in [-0.39, 0.29) is 6.42 Å². The summed E-state index contributed by atoms with van der Waals surface area (Å²) in [5, 5.41) is 10.6. The van der Waals surface area contributed by atoms with E-state index < -0.39 is 5.97 Å². The predicted molar refractivity (Wildman–Crippen MR) is 75.5 cm³/mol. The summed E-state index contributed by atoms with van der Waals surface area (Å²) in [4.78, 5) is 23.6. The normalized spacial score (nSPS) is 11.1. The van der Waals surface area contributed by atoms with Crippen molar-refractivity contribution in [3.8, 4) is 0 Å². The summed E-state index contributed by atoms with van der Waals surface area (Å²) in [6.45, 7) is 2.04. The number of carboxylic acids is 1. The molecule has 0 unspecified atom stereocenters. The third-order valence-corrected chi connectivity index (χ3v) is 3.13. The largest absolute Gasteiger partial charge is 0.481 e. The fourth-order valence-corrected chi connectivity index (χ4v) is 2.12. The zero-order chi connectivity index (χ0) is 14.1. The summed E-state index contributed by atoms with van der Waals surface area (Å²) in [6.07, 6.45) is 2.05. The van der Waals surface area contributed by atoms with E-state index in [0.29, 0.717) is 17.9 Å². The number of hydrogen-bond donors (Lipinski definition) is 1. The van der Waals surface area contributed by atoms with Crippen LogP contribution in [0.3, 0.4) is 0 Å². The SMILES string of the molecule is Cc1ccc2nc3nc(CCC(=O)O)ncc3cc2c1. The van der Waals surface area contributed by atoms with Gasteiger partial charge in [0.2, 0.25) is 0 Å². The topological polar surface area (TPSA) is 76.0 Å². The molecule has 100 valence electrons. The Balaban J connectivity index is 2.07. The first-order chi connectivity index (χ1) is 9.61. The van der Waals surface area contributed by atoms with Gasteiger partial charge in [0, 0.05) is 23.4 Å². The Morgan fingerprint density at radius 2 is 2.05 bits per heavy atom. The second-order valence-corrected chi connectivity index (χ2v) is 4.78. The van der Waals surface area contributed by atoms with Gasteiger partial charge >= 0.3 is 5.97 Å². The van der Waals surface area contributed by atoms with Crippen LogP contribution in [0.5, 0.6) is 0 Å². The average Bonchev–Trinajstić information content (AvgIpc) is 2.42. The van der Waals surface area contributed by atoms with Crippen molar-refractivity contribution >= 4 is 27.9 Å². The van der Waals surface area contributed by atoms with E-state index in [2.05, 4.69) is 21.0 Å². The molecule has 0 bridgehead atoms. The Kier molecular flexibility index (Phi) is 3.02. The van der Waals surface area contributed by atoms with Crippen LogP contribution in [0, 0.1) is 6.92 Å². The molecule has 0 radical (unpaired) electrons. The number of fused-ring (bicyclic) bond motifs is 2. The van der Waals surface area contributed by atoms with Crippen molar-refractivity contribution in [1.29, 1.82) is 0 Å². The number of aryl methyl sites for hydroxylation is 2. The molecular formula is C15H13N3O2. The Morgan fingerprint density at radius 1 is 1.20 bits per heavy atom. The zero-order valence-electron chi connectivity index (χ0n) is 11.0. The molecule has 0 spiro atoms. The van der Waals surface area contributed by atoms with Crippen molar-refractivity contribution in [2.45, 2.75) is 19.8 Å². The number of pyridine rings is 1. The Hall–Kier alpha value is -2.56. The van der Waals surface area contributed by atoms with Crippen LogP contribution < -0.4 is 0 Å². The van der Waals surface area contributed by atoms with Gasteiger partial charge in [-0.3, -0.25) is 4.79 Å². The monoisotopic (exact) mass is 267 g/mol. The molecule has 2 aromatic heterocycles. The lowest BCUT2D eigenvalue weighted by Crippen LogP contribution is -2.02. The highest BCUT2D eigenvalue weighted by atomic mass is 16.4. The number of aromatic nitrogens is 3. The van der Waals surface area contributed by atoms with E-state index in [1.54, 1.807) is 6.20 Å². The van der Waals surface area contributed by atoms with Gasteiger partial charge in [-0.05, 0) is 25.1 Å². The molecular weight excluding hydrogens is 254 g/mol. The van der Waals surface area contributed by atoms with E-state index in [4.69, 9.17) is 5.11 Å². The first kappa shape index (κ1) is 12.5. The van der Waals surface area contributed by atoms with Crippen LogP contribution in [-0.2, 0) is 11.2 Å². The van der Waals surface area contributed by atoms with Gasteiger partial charge in [-0.15, -0.1) is 0 Å². The van der Waals surface area contributed by atoms with Crippen LogP contribution in [0.15, 0.2) is 30.5 Å². The molecule has 0 aliphatic carbocycles. The van der Waals surface area contributed by atoms with E-state index in [0.717, 1.165) is 16.3 Å². The molecule has 0 fully saturated rings. The molecule has 5 nitrogen and oxygen atoms in total. The first-order valence-electron chi connectivity index (χ1n) is 6.37. The van der Waals surface area contributed by atoms with Gasteiger partial charge in [-0.25, -0.2) is 15.0 Å². The molecule has 5 heteroatoms. The van der Waals surface area contributed by atoms with Gasteiger partial charge in [0.1, 0.15) is 5.82 Å². The van der Waals surface area contributed by atoms with Crippen LogP contribution in [0.4, 0.5) is 0 Å². The molecule has 0 aliphatic heterocycles. The Labute approximate surface area is 115 Å². The predicted octanol–water partition coefficient (Wildman–Crippen LogP) is 2.50. The Bertz CT molecular complexity index is 815. The number of rotatable bonds is 3. The molecule has 0 aliphatic rings. The molecule has 20 heavy (non-hydrogen) atoms. The van der Waals surface area contributed by atoms with Crippen molar-refractivity contribution in [3.63, 3.8) is 0 Å². The standard InChI is InChI=1S/C15H13N3O2/c1-9-2-3-12-10(6-9)7-11-8-16-13(4-5-14(19)20)18-15(11)17-12/h2-3,6-8H,4-5H2,1H3,(H,19,20). The van der Waals surface area contributed by atoms with Crippen LogP contribution in [-0.4, -0.2) is 26.0 Å². The maximum absolute atomic E-state index is 10.6. The lowest BCUT2D eigenvalue weighted by molar-refractivity contribution is -0.137. The highest BCUT2D eigenvalue weighted by molar-refractivity contribution is 5.90. The molecule has 2 heterocycles. The lowest BCUT2D eigenvalue weighted by atomic mass is 10.1. The van der Waals surface area contributed by atoms with Crippen molar-refractivity contribution in [1.82, 2.24) is 15.0 Å². The van der Waals surface area contributed by atoms with E-state index >= 15 is 0 Å². The number of benzene rings is 1. The second-order valence-electron chi connectivity index (χ2n) is 4.78. The minimum absolute atomic E-state index is 0.0261. The van der Waals surface area contributed by atoms with Gasteiger partial charge in [-0.2, -0.15) is 0 Å². The Morgan fingerprint density at radius 3 is 2.85 bits per heavy atom. The van der Waals surface area contributed by atoms with Gasteiger partial charge in [0.25, 0.3) is 0 Å². The summed E-state index contributed by atoms with van der Waals surface area (Å²) in [5.74, 6) is -0.338. The van der Waals surface area contributed by atoms with E-state index in [1.165, 1.54) is 5.56 Å². The fraction of sp³-hybridized carbons (Fsp3) is 0.200. The van der Waals surface area contributed by atoms with Gasteiger partial charge in [-0.1, -0.05) is 11.6 Å². The zero-order valence-corrected chi connectivity index (χ0v) is 11.0. The summed E-state index contributed by atoms with van der Waals surface area (Å²) in [7, 11) is 0. The first-order valence-corrected chi connectivity index (χ1v) is 6.37. The van der Waals surface area contributed by atoms with Crippen LogP contribution in [0.1, 0.15) is 17.8 Å². The van der Waals surface area contributed by atoms with Crippen LogP contribution >= 0.6 is 0 Å². The smallest absolute Gasteiger partial charge is 0.303 e. The number of carboxylic acid groups (broad SMARTS) is 1. The molecule has 1 aromatic carbocycles.